The Balaban J connectivity index is 1.47. The van der Waals surface area contributed by atoms with Crippen LogP contribution in [0.25, 0.3) is 11.3 Å². The van der Waals surface area contributed by atoms with Crippen molar-refractivity contribution in [2.75, 3.05) is 36.5 Å². The summed E-state index contributed by atoms with van der Waals surface area (Å²) in [5.74, 6) is 0.663. The van der Waals surface area contributed by atoms with Gasteiger partial charge in [-0.2, -0.15) is 0 Å². The van der Waals surface area contributed by atoms with Gasteiger partial charge in [-0.1, -0.05) is 17.7 Å². The number of benzene rings is 1. The predicted molar refractivity (Wildman–Crippen MR) is 117 cm³/mol. The molecule has 1 N–H and O–H groups in total. The first-order chi connectivity index (χ1) is 14.0. The van der Waals surface area contributed by atoms with Crippen LogP contribution in [0, 0.1) is 20.8 Å². The molecule has 3 aromatic rings. The lowest BCUT2D eigenvalue weighted by Gasteiger charge is -2.27. The van der Waals surface area contributed by atoms with Crippen LogP contribution in [-0.4, -0.2) is 42.2 Å². The maximum Gasteiger partial charge on any atom is 0.259 e. The largest absolute Gasteiger partial charge is 0.378 e. The van der Waals surface area contributed by atoms with Gasteiger partial charge in [-0.3, -0.25) is 10.1 Å². The molecular formula is C22H24N4O2S. The summed E-state index contributed by atoms with van der Waals surface area (Å²) in [6.45, 7) is 9.32. The van der Waals surface area contributed by atoms with Crippen LogP contribution >= 0.6 is 11.3 Å². The number of rotatable bonds is 4. The molecule has 1 aliphatic rings. The van der Waals surface area contributed by atoms with E-state index in [2.05, 4.69) is 53.1 Å². The van der Waals surface area contributed by atoms with Gasteiger partial charge in [0, 0.05) is 30.2 Å². The van der Waals surface area contributed by atoms with Gasteiger partial charge in [0.2, 0.25) is 0 Å². The number of amides is 1. The molecule has 0 radical (unpaired) electrons. The average molecular weight is 409 g/mol. The molecule has 29 heavy (non-hydrogen) atoms. The second-order valence-corrected chi connectivity index (χ2v) is 8.13. The molecule has 3 heterocycles. The lowest BCUT2D eigenvalue weighted by molar-refractivity contribution is 0.102. The Bertz CT molecular complexity index is 1000. The molecule has 1 aliphatic heterocycles. The van der Waals surface area contributed by atoms with E-state index in [1.165, 1.54) is 28.0 Å². The number of thiazole rings is 1. The number of anilines is 2. The van der Waals surface area contributed by atoms with E-state index in [1.807, 2.05) is 11.4 Å². The number of pyridine rings is 1. The third-order valence-corrected chi connectivity index (χ3v) is 5.76. The van der Waals surface area contributed by atoms with Crippen LogP contribution in [0.4, 0.5) is 10.9 Å². The normalized spacial score (nSPS) is 14.1. The summed E-state index contributed by atoms with van der Waals surface area (Å²) in [6.07, 6.45) is 1.61. The van der Waals surface area contributed by atoms with Crippen LogP contribution in [-0.2, 0) is 4.74 Å². The molecule has 0 spiro atoms. The number of nitrogens with one attached hydrogen (secondary N) is 1. The lowest BCUT2D eigenvalue weighted by Crippen LogP contribution is -2.36. The molecular weight excluding hydrogens is 384 g/mol. The van der Waals surface area contributed by atoms with Crippen LogP contribution in [0.1, 0.15) is 27.0 Å². The molecule has 1 amide bonds. The molecule has 1 fully saturated rings. The van der Waals surface area contributed by atoms with Gasteiger partial charge in [0.05, 0.1) is 24.5 Å². The van der Waals surface area contributed by atoms with Gasteiger partial charge in [0.1, 0.15) is 5.82 Å². The Labute approximate surface area is 174 Å². The summed E-state index contributed by atoms with van der Waals surface area (Å²) >= 11 is 1.43. The van der Waals surface area contributed by atoms with Gasteiger partial charge in [-0.25, -0.2) is 9.97 Å². The topological polar surface area (TPSA) is 67.4 Å². The van der Waals surface area contributed by atoms with E-state index in [0.717, 1.165) is 30.2 Å². The highest BCUT2D eigenvalue weighted by molar-refractivity contribution is 7.14. The highest BCUT2D eigenvalue weighted by Crippen LogP contribution is 2.31. The molecule has 4 rings (SSSR count). The first kappa shape index (κ1) is 19.5. The highest BCUT2D eigenvalue weighted by Gasteiger charge is 2.15. The molecule has 0 saturated carbocycles. The number of carbonyl (C=O) groups excluding carboxylic acids is 1. The van der Waals surface area contributed by atoms with Crippen LogP contribution in [0.15, 0.2) is 35.8 Å². The van der Waals surface area contributed by atoms with Crippen LogP contribution in [0.3, 0.4) is 0 Å². The SMILES string of the molecule is Cc1cc(C)c(-c2csc(NC(=O)c3ccc(N4CCOCC4)nc3)n2)c(C)c1. The first-order valence-electron chi connectivity index (χ1n) is 9.65. The number of morpholine rings is 1. The van der Waals surface area contributed by atoms with Crippen LogP contribution < -0.4 is 10.2 Å². The van der Waals surface area contributed by atoms with Crippen molar-refractivity contribution < 1.29 is 9.53 Å². The van der Waals surface area contributed by atoms with E-state index in [9.17, 15) is 4.79 Å². The third-order valence-electron chi connectivity index (χ3n) is 5.00. The minimum absolute atomic E-state index is 0.204. The second kappa shape index (κ2) is 8.31. The van der Waals surface area contributed by atoms with Crippen molar-refractivity contribution >= 4 is 28.2 Å². The molecule has 0 aliphatic carbocycles. The van der Waals surface area contributed by atoms with Gasteiger partial charge < -0.3 is 9.64 Å². The summed E-state index contributed by atoms with van der Waals surface area (Å²) in [4.78, 5) is 23.8. The number of aryl methyl sites for hydroxylation is 3. The Kier molecular flexibility index (Phi) is 5.60. The Hall–Kier alpha value is -2.77. The quantitative estimate of drug-likeness (QED) is 0.700. The van der Waals surface area contributed by atoms with Crippen LogP contribution in [0.5, 0.6) is 0 Å². The second-order valence-electron chi connectivity index (χ2n) is 7.27. The molecule has 0 unspecified atom stereocenters. The number of ether oxygens (including phenoxy) is 1. The maximum absolute atomic E-state index is 12.6. The zero-order valence-electron chi connectivity index (χ0n) is 16.9. The minimum Gasteiger partial charge on any atom is -0.378 e. The minimum atomic E-state index is -0.204. The fourth-order valence-corrected chi connectivity index (χ4v) is 4.40. The summed E-state index contributed by atoms with van der Waals surface area (Å²) in [6, 6.07) is 7.99. The summed E-state index contributed by atoms with van der Waals surface area (Å²) in [5.41, 5.74) is 6.15. The fraction of sp³-hybridized carbons (Fsp3) is 0.318. The molecule has 0 bridgehead atoms. The fourth-order valence-electron chi connectivity index (χ4n) is 3.70. The molecule has 1 aromatic carbocycles. The van der Waals surface area contributed by atoms with E-state index < -0.39 is 0 Å². The number of hydrogen-bond donors (Lipinski definition) is 1. The van der Waals surface area contributed by atoms with E-state index in [4.69, 9.17) is 4.74 Å². The van der Waals surface area contributed by atoms with Gasteiger partial charge >= 0.3 is 0 Å². The summed E-state index contributed by atoms with van der Waals surface area (Å²) < 4.78 is 5.36. The van der Waals surface area contributed by atoms with Crippen molar-refractivity contribution in [2.24, 2.45) is 0 Å². The first-order valence-corrected chi connectivity index (χ1v) is 10.5. The van der Waals surface area contributed by atoms with Crippen LogP contribution in [0.2, 0.25) is 0 Å². The lowest BCUT2D eigenvalue weighted by atomic mass is 9.98. The number of hydrogen-bond acceptors (Lipinski definition) is 6. The van der Waals surface area contributed by atoms with Gasteiger partial charge in [0.25, 0.3) is 5.91 Å². The molecule has 150 valence electrons. The zero-order chi connectivity index (χ0) is 20.4. The predicted octanol–water partition coefficient (Wildman–Crippen LogP) is 4.22. The molecule has 6 nitrogen and oxygen atoms in total. The van der Waals surface area contributed by atoms with Crippen molar-refractivity contribution in [1.82, 2.24) is 9.97 Å². The van der Waals surface area contributed by atoms with Gasteiger partial charge in [-0.05, 0) is 44.0 Å². The molecule has 2 aromatic heterocycles. The third kappa shape index (κ3) is 4.31. The highest BCUT2D eigenvalue weighted by atomic mass is 32.1. The average Bonchev–Trinajstić information content (AvgIpc) is 3.16. The molecule has 0 atom stereocenters. The summed E-state index contributed by atoms with van der Waals surface area (Å²) in [7, 11) is 0. The molecule has 1 saturated heterocycles. The Morgan fingerprint density at radius 1 is 1.14 bits per heavy atom. The van der Waals surface area contributed by atoms with Gasteiger partial charge in [-0.15, -0.1) is 11.3 Å². The summed E-state index contributed by atoms with van der Waals surface area (Å²) in [5, 5.41) is 5.46. The number of nitrogens with zero attached hydrogens (tertiary/aromatic N) is 3. The standard InChI is InChI=1S/C22H24N4O2S/c1-14-10-15(2)20(16(3)11-14)18-13-29-22(24-18)25-21(27)17-4-5-19(23-12-17)26-6-8-28-9-7-26/h4-5,10-13H,6-9H2,1-3H3,(H,24,25,27). The van der Waals surface area contributed by atoms with Gasteiger partial charge in [0.15, 0.2) is 5.13 Å². The number of aromatic nitrogens is 2. The van der Waals surface area contributed by atoms with E-state index >= 15 is 0 Å². The van der Waals surface area contributed by atoms with Crippen molar-refractivity contribution in [2.45, 2.75) is 20.8 Å². The van der Waals surface area contributed by atoms with E-state index in [-0.39, 0.29) is 5.91 Å². The maximum atomic E-state index is 12.6. The van der Waals surface area contributed by atoms with Crippen molar-refractivity contribution in [3.63, 3.8) is 0 Å². The monoisotopic (exact) mass is 408 g/mol. The van der Waals surface area contributed by atoms with E-state index in [0.29, 0.717) is 23.9 Å². The number of carbonyl (C=O) groups is 1. The zero-order valence-corrected chi connectivity index (χ0v) is 17.7. The van der Waals surface area contributed by atoms with Crippen molar-refractivity contribution in [3.05, 3.63) is 58.1 Å². The Morgan fingerprint density at radius 2 is 1.86 bits per heavy atom. The van der Waals surface area contributed by atoms with E-state index in [1.54, 1.807) is 12.3 Å². The molecule has 7 heteroatoms. The smallest absolute Gasteiger partial charge is 0.259 e. The Morgan fingerprint density at radius 3 is 2.52 bits per heavy atom. The van der Waals surface area contributed by atoms with Crippen molar-refractivity contribution in [3.8, 4) is 11.3 Å². The van der Waals surface area contributed by atoms with Crippen molar-refractivity contribution in [1.29, 1.82) is 0 Å².